The van der Waals surface area contributed by atoms with Crippen LogP contribution in [-0.2, 0) is 0 Å². The maximum Gasteiger partial charge on any atom is 0.171 e. The fraction of sp³-hybridized carbons (Fsp3) is 0.207. The molecule has 1 aromatic heterocycles. The van der Waals surface area contributed by atoms with Gasteiger partial charge in [0.2, 0.25) is 0 Å². The molecule has 0 aliphatic heterocycles. The van der Waals surface area contributed by atoms with Crippen LogP contribution in [0.3, 0.4) is 0 Å². The monoisotopic (exact) mass is 449 g/mol. The molecule has 0 unspecified atom stereocenters. The van der Waals surface area contributed by atoms with Crippen LogP contribution in [0.25, 0.3) is 5.69 Å². The van der Waals surface area contributed by atoms with Crippen LogP contribution in [-0.4, -0.2) is 36.4 Å². The molecule has 34 heavy (non-hydrogen) atoms. The van der Waals surface area contributed by atoms with Gasteiger partial charge in [-0.25, -0.2) is 0 Å². The minimum absolute atomic E-state index is 0.000407. The van der Waals surface area contributed by atoms with Crippen molar-refractivity contribution < 1.29 is 9.59 Å². The zero-order valence-electron chi connectivity index (χ0n) is 19.8. The second kappa shape index (κ2) is 8.41. The topological polar surface area (TPSA) is 54.7 Å². The van der Waals surface area contributed by atoms with Crippen molar-refractivity contribution in [1.82, 2.24) is 4.57 Å². The molecule has 0 fully saturated rings. The Labute approximate surface area is 199 Å². The summed E-state index contributed by atoms with van der Waals surface area (Å²) in [5.74, 6) is -0.963. The summed E-state index contributed by atoms with van der Waals surface area (Å²) in [6, 6.07) is 17.6. The lowest BCUT2D eigenvalue weighted by molar-refractivity contribution is 0.0801. The van der Waals surface area contributed by atoms with Crippen molar-refractivity contribution in [1.29, 1.82) is 0 Å². The number of fused-ring (bicyclic) bond motifs is 2. The molecule has 0 saturated carbocycles. The zero-order valence-corrected chi connectivity index (χ0v) is 19.8. The Bertz CT molecular complexity index is 1390. The van der Waals surface area contributed by atoms with E-state index in [1.54, 1.807) is 24.3 Å². The SMILES string of the molecule is Cc1cc(C=NC2=C[C@H]3C(=O)c4ccccc4C(=O)[C@@H]3C=C2)c(C)n1-c1ccc(N(C)C)cc1. The molecule has 0 N–H and O–H groups in total. The Morgan fingerprint density at radius 1 is 0.912 bits per heavy atom. The molecule has 0 spiro atoms. The number of carbonyl (C=O) groups is 2. The van der Waals surface area contributed by atoms with E-state index in [2.05, 4.69) is 58.6 Å². The van der Waals surface area contributed by atoms with E-state index in [9.17, 15) is 9.59 Å². The molecule has 5 rings (SSSR count). The lowest BCUT2D eigenvalue weighted by atomic mass is 9.72. The summed E-state index contributed by atoms with van der Waals surface area (Å²) < 4.78 is 2.21. The van der Waals surface area contributed by atoms with Crippen molar-refractivity contribution in [3.8, 4) is 5.69 Å². The fourth-order valence-corrected chi connectivity index (χ4v) is 4.87. The molecular weight excluding hydrogens is 422 g/mol. The largest absolute Gasteiger partial charge is 0.378 e. The highest BCUT2D eigenvalue weighted by Crippen LogP contribution is 2.35. The molecule has 2 aliphatic rings. The Kier molecular flexibility index (Phi) is 5.40. The lowest BCUT2D eigenvalue weighted by Gasteiger charge is -2.28. The molecule has 0 amide bonds. The summed E-state index contributed by atoms with van der Waals surface area (Å²) in [6.07, 6.45) is 7.34. The number of anilines is 1. The average Bonchev–Trinajstić information content (AvgIpc) is 3.13. The number of aromatic nitrogens is 1. The van der Waals surface area contributed by atoms with Crippen molar-refractivity contribution in [3.63, 3.8) is 0 Å². The predicted molar refractivity (Wildman–Crippen MR) is 136 cm³/mol. The number of aryl methyl sites for hydroxylation is 1. The van der Waals surface area contributed by atoms with Crippen LogP contribution in [0.4, 0.5) is 5.69 Å². The Morgan fingerprint density at radius 2 is 1.56 bits per heavy atom. The second-order valence-electron chi connectivity index (χ2n) is 9.11. The molecule has 2 atom stereocenters. The van der Waals surface area contributed by atoms with E-state index < -0.39 is 11.8 Å². The smallest absolute Gasteiger partial charge is 0.171 e. The number of allylic oxidation sites excluding steroid dienone is 3. The van der Waals surface area contributed by atoms with Gasteiger partial charge < -0.3 is 9.47 Å². The van der Waals surface area contributed by atoms with Gasteiger partial charge in [-0.05, 0) is 56.3 Å². The van der Waals surface area contributed by atoms with Gasteiger partial charge in [-0.2, -0.15) is 0 Å². The van der Waals surface area contributed by atoms with Crippen LogP contribution < -0.4 is 4.90 Å². The van der Waals surface area contributed by atoms with E-state index >= 15 is 0 Å². The maximum atomic E-state index is 13.1. The third-order valence-corrected chi connectivity index (χ3v) is 6.72. The first kappa shape index (κ1) is 21.8. The normalized spacial score (nSPS) is 19.2. The second-order valence-corrected chi connectivity index (χ2v) is 9.11. The van der Waals surface area contributed by atoms with Crippen LogP contribution in [0.15, 0.2) is 83.5 Å². The van der Waals surface area contributed by atoms with E-state index in [4.69, 9.17) is 0 Å². The third-order valence-electron chi connectivity index (χ3n) is 6.72. The van der Waals surface area contributed by atoms with Gasteiger partial charge in [0, 0.05) is 59.8 Å². The number of hydrogen-bond donors (Lipinski definition) is 0. The first-order valence-electron chi connectivity index (χ1n) is 11.4. The third kappa shape index (κ3) is 3.63. The summed E-state index contributed by atoms with van der Waals surface area (Å²) in [5, 5.41) is 0. The minimum Gasteiger partial charge on any atom is -0.378 e. The summed E-state index contributed by atoms with van der Waals surface area (Å²) in [4.78, 5) is 32.7. The van der Waals surface area contributed by atoms with E-state index in [0.29, 0.717) is 16.8 Å². The van der Waals surface area contributed by atoms with Crippen molar-refractivity contribution in [2.24, 2.45) is 16.8 Å². The summed E-state index contributed by atoms with van der Waals surface area (Å²) >= 11 is 0. The Morgan fingerprint density at radius 3 is 2.21 bits per heavy atom. The quantitative estimate of drug-likeness (QED) is 0.505. The van der Waals surface area contributed by atoms with Crippen molar-refractivity contribution in [2.45, 2.75) is 13.8 Å². The first-order chi connectivity index (χ1) is 16.3. The molecule has 5 heteroatoms. The standard InChI is InChI=1S/C29H27N3O2/c1-18-15-20(19(2)32(18)23-12-10-22(11-13-23)31(3)4)17-30-21-9-14-26-27(16-21)29(34)25-8-6-5-7-24(25)28(26)33/h5-17,26-27H,1-4H3/t26-,27-/m1/s1. The predicted octanol–water partition coefficient (Wildman–Crippen LogP) is 5.34. The van der Waals surface area contributed by atoms with Gasteiger partial charge in [0.15, 0.2) is 11.6 Å². The van der Waals surface area contributed by atoms with Gasteiger partial charge in [-0.15, -0.1) is 0 Å². The highest BCUT2D eigenvalue weighted by atomic mass is 16.1. The van der Waals surface area contributed by atoms with Crippen molar-refractivity contribution in [3.05, 3.63) is 107 Å². The highest BCUT2D eigenvalue weighted by Gasteiger charge is 2.40. The minimum atomic E-state index is -0.498. The average molecular weight is 450 g/mol. The summed E-state index contributed by atoms with van der Waals surface area (Å²) in [7, 11) is 4.06. The van der Waals surface area contributed by atoms with Crippen LogP contribution in [0, 0.1) is 25.7 Å². The van der Waals surface area contributed by atoms with Crippen LogP contribution >= 0.6 is 0 Å². The maximum absolute atomic E-state index is 13.1. The van der Waals surface area contributed by atoms with E-state index in [1.165, 1.54) is 0 Å². The van der Waals surface area contributed by atoms with E-state index in [1.807, 2.05) is 38.5 Å². The summed E-state index contributed by atoms with van der Waals surface area (Å²) in [6.45, 7) is 4.16. The van der Waals surface area contributed by atoms with Crippen molar-refractivity contribution >= 4 is 23.5 Å². The molecule has 0 bridgehead atoms. The Balaban J connectivity index is 1.42. The lowest BCUT2D eigenvalue weighted by Crippen LogP contribution is -2.35. The molecule has 0 saturated heterocycles. The highest BCUT2D eigenvalue weighted by molar-refractivity contribution is 6.17. The fourth-order valence-electron chi connectivity index (χ4n) is 4.87. The number of aliphatic imine (C=N–C) groups is 1. The molecule has 1 heterocycles. The van der Waals surface area contributed by atoms with Crippen LogP contribution in [0.5, 0.6) is 0 Å². The van der Waals surface area contributed by atoms with E-state index in [-0.39, 0.29) is 11.6 Å². The van der Waals surface area contributed by atoms with Gasteiger partial charge in [-0.3, -0.25) is 14.6 Å². The molecule has 2 aromatic carbocycles. The summed E-state index contributed by atoms with van der Waals surface area (Å²) in [5.41, 5.74) is 7.20. The number of hydrogen-bond acceptors (Lipinski definition) is 4. The van der Waals surface area contributed by atoms with Gasteiger partial charge >= 0.3 is 0 Å². The molecular formula is C29H27N3O2. The number of carbonyl (C=O) groups excluding carboxylic acids is 2. The number of Topliss-reactive ketones (excluding diaryl/α,β-unsaturated/α-hetero) is 2. The molecule has 5 nitrogen and oxygen atoms in total. The number of nitrogens with zero attached hydrogens (tertiary/aromatic N) is 3. The van der Waals surface area contributed by atoms with E-state index in [0.717, 1.165) is 28.3 Å². The number of benzene rings is 2. The van der Waals surface area contributed by atoms with Crippen LogP contribution in [0.1, 0.15) is 37.7 Å². The number of ketones is 2. The first-order valence-corrected chi connectivity index (χ1v) is 11.4. The van der Waals surface area contributed by atoms with Gasteiger partial charge in [-0.1, -0.05) is 30.3 Å². The molecule has 0 radical (unpaired) electrons. The zero-order chi connectivity index (χ0) is 24.0. The number of rotatable bonds is 4. The van der Waals surface area contributed by atoms with Crippen molar-refractivity contribution in [2.75, 3.05) is 19.0 Å². The van der Waals surface area contributed by atoms with Gasteiger partial charge in [0.1, 0.15) is 0 Å². The van der Waals surface area contributed by atoms with Gasteiger partial charge in [0.25, 0.3) is 0 Å². The molecule has 3 aromatic rings. The Hall–Kier alpha value is -3.99. The van der Waals surface area contributed by atoms with Crippen LogP contribution in [0.2, 0.25) is 0 Å². The molecule has 170 valence electrons. The van der Waals surface area contributed by atoms with Gasteiger partial charge in [0.05, 0.1) is 17.5 Å². The molecule has 2 aliphatic carbocycles.